The average Bonchev–Trinajstić information content (AvgIpc) is 2.76. The maximum absolute atomic E-state index is 12.5. The summed E-state index contributed by atoms with van der Waals surface area (Å²) in [5, 5.41) is 3.66. The molecule has 0 saturated heterocycles. The van der Waals surface area contributed by atoms with Gasteiger partial charge in [-0.1, -0.05) is 18.2 Å². The van der Waals surface area contributed by atoms with Crippen molar-refractivity contribution in [1.82, 2.24) is 9.97 Å². The van der Waals surface area contributed by atoms with E-state index >= 15 is 0 Å². The molecule has 0 atom stereocenters. The van der Waals surface area contributed by atoms with Crippen LogP contribution in [-0.4, -0.2) is 23.0 Å². The zero-order valence-electron chi connectivity index (χ0n) is 17.0. The molecule has 0 fully saturated rings. The number of carbonyl (C=O) groups excluding carboxylic acids is 1. The molecule has 0 bridgehead atoms. The van der Waals surface area contributed by atoms with Gasteiger partial charge in [0.05, 0.1) is 7.11 Å². The number of benzene rings is 2. The molecule has 2 aromatic carbocycles. The van der Waals surface area contributed by atoms with Crippen molar-refractivity contribution in [2.45, 2.75) is 13.8 Å². The number of ether oxygens (including phenoxy) is 2. The van der Waals surface area contributed by atoms with Crippen LogP contribution in [0.4, 0.5) is 5.82 Å². The van der Waals surface area contributed by atoms with Crippen LogP contribution in [-0.2, 0) is 0 Å². The number of methoxy groups -OCH3 is 1. The third kappa shape index (κ3) is 4.07. The first-order chi connectivity index (χ1) is 14.5. The summed E-state index contributed by atoms with van der Waals surface area (Å²) in [5.74, 6) is 2.09. The third-order valence-corrected chi connectivity index (χ3v) is 4.74. The summed E-state index contributed by atoms with van der Waals surface area (Å²) in [5.41, 5.74) is 3.07. The highest BCUT2D eigenvalue weighted by Crippen LogP contribution is 2.28. The number of aromatic nitrogens is 2. The predicted molar refractivity (Wildman–Crippen MR) is 116 cm³/mol. The standard InChI is InChI=1S/C24H21N3O3/c1-15-5-4-6-16(2)22(15)30-21-14-10-17-9-13-20(25-23(17)27-21)26-24(28)18-7-11-19(29-3)12-8-18/h4-14H,1-3H3,(H,25,26,27,28). The summed E-state index contributed by atoms with van der Waals surface area (Å²) in [6.07, 6.45) is 0. The summed E-state index contributed by atoms with van der Waals surface area (Å²) >= 11 is 0. The number of fused-ring (bicyclic) bond motifs is 1. The van der Waals surface area contributed by atoms with Crippen LogP contribution in [0.3, 0.4) is 0 Å². The normalized spacial score (nSPS) is 10.6. The van der Waals surface area contributed by atoms with Crippen molar-refractivity contribution in [2.24, 2.45) is 0 Å². The molecule has 30 heavy (non-hydrogen) atoms. The number of nitrogens with one attached hydrogen (secondary N) is 1. The highest BCUT2D eigenvalue weighted by molar-refractivity contribution is 6.04. The van der Waals surface area contributed by atoms with E-state index < -0.39 is 0 Å². The fraction of sp³-hybridized carbons (Fsp3) is 0.125. The average molecular weight is 399 g/mol. The second kappa shape index (κ2) is 8.21. The van der Waals surface area contributed by atoms with Gasteiger partial charge in [0.25, 0.3) is 5.91 Å². The van der Waals surface area contributed by atoms with Crippen molar-refractivity contribution >= 4 is 22.8 Å². The Kier molecular flexibility index (Phi) is 5.30. The van der Waals surface area contributed by atoms with Crippen molar-refractivity contribution in [1.29, 1.82) is 0 Å². The smallest absolute Gasteiger partial charge is 0.256 e. The molecule has 6 nitrogen and oxygen atoms in total. The number of nitrogens with zero attached hydrogens (tertiary/aromatic N) is 2. The van der Waals surface area contributed by atoms with Crippen molar-refractivity contribution < 1.29 is 14.3 Å². The number of aryl methyl sites for hydroxylation is 2. The minimum Gasteiger partial charge on any atom is -0.497 e. The molecule has 2 aromatic heterocycles. The molecule has 2 heterocycles. The minimum atomic E-state index is -0.257. The second-order valence-electron chi connectivity index (χ2n) is 6.90. The van der Waals surface area contributed by atoms with Crippen LogP contribution >= 0.6 is 0 Å². The SMILES string of the molecule is COc1ccc(C(=O)Nc2ccc3ccc(Oc4c(C)cccc4C)nc3n2)cc1. The first kappa shape index (κ1) is 19.4. The molecule has 0 aliphatic heterocycles. The molecule has 6 heteroatoms. The van der Waals surface area contributed by atoms with Gasteiger partial charge in [-0.2, -0.15) is 4.98 Å². The predicted octanol–water partition coefficient (Wildman–Crippen LogP) is 5.30. The number of amides is 1. The van der Waals surface area contributed by atoms with Crippen molar-refractivity contribution in [3.8, 4) is 17.4 Å². The lowest BCUT2D eigenvalue weighted by Gasteiger charge is -2.11. The summed E-state index contributed by atoms with van der Waals surface area (Å²) in [4.78, 5) is 21.5. The van der Waals surface area contributed by atoms with Crippen molar-refractivity contribution in [2.75, 3.05) is 12.4 Å². The van der Waals surface area contributed by atoms with E-state index in [1.807, 2.05) is 50.2 Å². The fourth-order valence-electron chi connectivity index (χ4n) is 3.10. The maximum Gasteiger partial charge on any atom is 0.256 e. The van der Waals surface area contributed by atoms with Gasteiger partial charge in [-0.05, 0) is 67.4 Å². The molecule has 1 amide bonds. The Morgan fingerprint density at radius 1 is 0.867 bits per heavy atom. The summed E-state index contributed by atoms with van der Waals surface area (Å²) in [7, 11) is 1.58. The number of para-hydroxylation sites is 1. The zero-order valence-corrected chi connectivity index (χ0v) is 17.0. The van der Waals surface area contributed by atoms with Gasteiger partial charge in [-0.3, -0.25) is 4.79 Å². The van der Waals surface area contributed by atoms with E-state index in [0.717, 1.165) is 22.3 Å². The Hall–Kier alpha value is -3.93. The maximum atomic E-state index is 12.5. The highest BCUT2D eigenvalue weighted by atomic mass is 16.5. The van der Waals surface area contributed by atoms with E-state index in [1.54, 1.807) is 37.4 Å². The van der Waals surface area contributed by atoms with Crippen LogP contribution < -0.4 is 14.8 Å². The van der Waals surface area contributed by atoms with Gasteiger partial charge >= 0.3 is 0 Å². The summed E-state index contributed by atoms with van der Waals surface area (Å²) in [6.45, 7) is 3.99. The van der Waals surface area contributed by atoms with E-state index in [1.165, 1.54) is 0 Å². The number of rotatable bonds is 5. The second-order valence-corrected chi connectivity index (χ2v) is 6.90. The lowest BCUT2D eigenvalue weighted by molar-refractivity contribution is 0.102. The Labute approximate surface area is 174 Å². The fourth-order valence-corrected chi connectivity index (χ4v) is 3.10. The number of hydrogen-bond acceptors (Lipinski definition) is 5. The largest absolute Gasteiger partial charge is 0.497 e. The molecule has 0 saturated carbocycles. The van der Waals surface area contributed by atoms with Gasteiger partial charge in [0.2, 0.25) is 5.88 Å². The van der Waals surface area contributed by atoms with Crippen LogP contribution in [0.5, 0.6) is 17.4 Å². The molecular formula is C24H21N3O3. The number of hydrogen-bond donors (Lipinski definition) is 1. The summed E-state index contributed by atoms with van der Waals surface area (Å²) in [6, 6.07) is 20.2. The van der Waals surface area contributed by atoms with Crippen molar-refractivity contribution in [3.05, 3.63) is 83.4 Å². The van der Waals surface area contributed by atoms with Gasteiger partial charge in [0.1, 0.15) is 17.3 Å². The van der Waals surface area contributed by atoms with Gasteiger partial charge < -0.3 is 14.8 Å². The first-order valence-corrected chi connectivity index (χ1v) is 9.51. The van der Waals surface area contributed by atoms with E-state index in [2.05, 4.69) is 15.3 Å². The zero-order chi connectivity index (χ0) is 21.1. The Bertz CT molecular complexity index is 1200. The Morgan fingerprint density at radius 3 is 2.27 bits per heavy atom. The third-order valence-electron chi connectivity index (χ3n) is 4.74. The molecule has 150 valence electrons. The first-order valence-electron chi connectivity index (χ1n) is 9.51. The highest BCUT2D eigenvalue weighted by Gasteiger charge is 2.10. The number of carbonyl (C=O) groups is 1. The van der Waals surface area contributed by atoms with E-state index in [4.69, 9.17) is 9.47 Å². The Balaban J connectivity index is 1.57. The molecule has 4 aromatic rings. The topological polar surface area (TPSA) is 73.3 Å². The van der Waals surface area contributed by atoms with Gasteiger partial charge in [0, 0.05) is 17.0 Å². The van der Waals surface area contributed by atoms with Crippen LogP contribution in [0.15, 0.2) is 66.7 Å². The molecule has 0 radical (unpaired) electrons. The minimum absolute atomic E-state index is 0.257. The Morgan fingerprint density at radius 2 is 1.57 bits per heavy atom. The lowest BCUT2D eigenvalue weighted by atomic mass is 10.1. The molecule has 0 unspecified atom stereocenters. The van der Waals surface area contributed by atoms with Gasteiger partial charge in [-0.15, -0.1) is 0 Å². The molecule has 1 N–H and O–H groups in total. The number of pyridine rings is 2. The van der Waals surface area contributed by atoms with E-state index in [-0.39, 0.29) is 5.91 Å². The van der Waals surface area contributed by atoms with Crippen LogP contribution in [0.25, 0.3) is 11.0 Å². The van der Waals surface area contributed by atoms with Gasteiger partial charge in [0.15, 0.2) is 5.65 Å². The molecule has 0 spiro atoms. The number of anilines is 1. The van der Waals surface area contributed by atoms with Crippen LogP contribution in [0.2, 0.25) is 0 Å². The lowest BCUT2D eigenvalue weighted by Crippen LogP contribution is -2.13. The molecule has 0 aliphatic carbocycles. The monoisotopic (exact) mass is 399 g/mol. The molecule has 4 rings (SSSR count). The quantitative estimate of drug-likeness (QED) is 0.493. The van der Waals surface area contributed by atoms with Crippen LogP contribution in [0.1, 0.15) is 21.5 Å². The van der Waals surface area contributed by atoms with E-state index in [0.29, 0.717) is 28.7 Å². The van der Waals surface area contributed by atoms with Gasteiger partial charge in [-0.25, -0.2) is 4.98 Å². The van der Waals surface area contributed by atoms with E-state index in [9.17, 15) is 4.79 Å². The van der Waals surface area contributed by atoms with Crippen LogP contribution in [0, 0.1) is 13.8 Å². The summed E-state index contributed by atoms with van der Waals surface area (Å²) < 4.78 is 11.1. The molecular weight excluding hydrogens is 378 g/mol. The molecule has 0 aliphatic rings. The van der Waals surface area contributed by atoms with Crippen molar-refractivity contribution in [3.63, 3.8) is 0 Å².